The third-order valence-electron chi connectivity index (χ3n) is 4.03. The summed E-state index contributed by atoms with van der Waals surface area (Å²) in [4.78, 5) is 29.2. The topological polar surface area (TPSA) is 100 Å². The molecule has 0 aliphatic heterocycles. The Morgan fingerprint density at radius 2 is 1.68 bits per heavy atom. The lowest BCUT2D eigenvalue weighted by Crippen LogP contribution is -2.27. The summed E-state index contributed by atoms with van der Waals surface area (Å²) in [5, 5.41) is 6.78. The van der Waals surface area contributed by atoms with Crippen LogP contribution in [0.15, 0.2) is 4.52 Å². The largest absolute Gasteiger partial charge is 0.360 e. The fraction of sp³-hybridized carbons (Fsp3) is 0.562. The van der Waals surface area contributed by atoms with Gasteiger partial charge in [-0.1, -0.05) is 5.16 Å². The normalized spacial score (nSPS) is 13.3. The maximum absolute atomic E-state index is 12.5. The van der Waals surface area contributed by atoms with Crippen LogP contribution in [0.25, 0.3) is 0 Å². The number of hydrogen-bond donors (Lipinski definition) is 1. The Balaban J connectivity index is 1.75. The van der Waals surface area contributed by atoms with E-state index in [9.17, 15) is 4.79 Å². The van der Waals surface area contributed by atoms with Crippen molar-refractivity contribution in [1.29, 1.82) is 0 Å². The van der Waals surface area contributed by atoms with Crippen LogP contribution in [0.1, 0.15) is 40.5 Å². The number of carbonyl (C=O) groups excluding carboxylic acids is 1. The maximum Gasteiger partial charge on any atom is 0.274 e. The third kappa shape index (κ3) is 3.70. The van der Waals surface area contributed by atoms with Crippen molar-refractivity contribution in [3.05, 3.63) is 22.8 Å². The lowest BCUT2D eigenvalue weighted by atomic mass is 9.96. The van der Waals surface area contributed by atoms with Crippen LogP contribution in [0.3, 0.4) is 0 Å². The lowest BCUT2D eigenvalue weighted by molar-refractivity contribution is 0.0940. The minimum atomic E-state index is -0.259. The number of anilines is 2. The predicted octanol–water partition coefficient (Wildman–Crippen LogP) is 0.800. The molecule has 0 radical (unpaired) electrons. The zero-order valence-corrected chi connectivity index (χ0v) is 15.0. The molecule has 1 amide bonds. The van der Waals surface area contributed by atoms with E-state index in [4.69, 9.17) is 4.52 Å². The highest BCUT2D eigenvalue weighted by Gasteiger charge is 2.24. The molecular formula is C16H23N7O2. The van der Waals surface area contributed by atoms with Gasteiger partial charge < -0.3 is 19.6 Å². The number of hydrogen-bond acceptors (Lipinski definition) is 8. The molecule has 3 rings (SSSR count). The van der Waals surface area contributed by atoms with Gasteiger partial charge in [-0.25, -0.2) is 0 Å². The molecule has 0 saturated carbocycles. The molecule has 2 aromatic heterocycles. The highest BCUT2D eigenvalue weighted by Crippen LogP contribution is 2.24. The molecule has 134 valence electrons. The van der Waals surface area contributed by atoms with Gasteiger partial charge in [-0.2, -0.15) is 15.0 Å². The molecule has 0 aromatic carbocycles. The number of carbonyl (C=O) groups is 1. The van der Waals surface area contributed by atoms with Gasteiger partial charge in [0, 0.05) is 40.2 Å². The lowest BCUT2D eigenvalue weighted by Gasteiger charge is -2.16. The van der Waals surface area contributed by atoms with Crippen LogP contribution in [0.2, 0.25) is 0 Å². The molecule has 9 nitrogen and oxygen atoms in total. The Bertz CT molecular complexity index is 744. The Kier molecular flexibility index (Phi) is 4.82. The molecule has 1 N–H and O–H groups in total. The molecule has 25 heavy (non-hydrogen) atoms. The van der Waals surface area contributed by atoms with Gasteiger partial charge in [0.05, 0.1) is 6.54 Å². The zero-order valence-electron chi connectivity index (χ0n) is 15.0. The predicted molar refractivity (Wildman–Crippen MR) is 92.8 cm³/mol. The Hall–Kier alpha value is -2.71. The van der Waals surface area contributed by atoms with Crippen molar-refractivity contribution < 1.29 is 9.32 Å². The number of amides is 1. The Labute approximate surface area is 146 Å². The smallest absolute Gasteiger partial charge is 0.274 e. The van der Waals surface area contributed by atoms with E-state index >= 15 is 0 Å². The van der Waals surface area contributed by atoms with Gasteiger partial charge in [0.1, 0.15) is 5.76 Å². The van der Waals surface area contributed by atoms with Crippen molar-refractivity contribution in [3.8, 4) is 0 Å². The summed E-state index contributed by atoms with van der Waals surface area (Å²) >= 11 is 0. The first-order valence-corrected chi connectivity index (χ1v) is 8.31. The van der Waals surface area contributed by atoms with E-state index in [0.717, 1.165) is 37.0 Å². The van der Waals surface area contributed by atoms with Gasteiger partial charge in [-0.15, -0.1) is 0 Å². The fourth-order valence-electron chi connectivity index (χ4n) is 2.68. The molecule has 0 spiro atoms. The minimum absolute atomic E-state index is 0.199. The number of nitrogens with zero attached hydrogens (tertiary/aromatic N) is 6. The second kappa shape index (κ2) is 7.04. The number of fused-ring (bicyclic) bond motifs is 1. The monoisotopic (exact) mass is 345 g/mol. The third-order valence-corrected chi connectivity index (χ3v) is 4.03. The second-order valence-electron chi connectivity index (χ2n) is 6.46. The number of rotatable bonds is 5. The van der Waals surface area contributed by atoms with Gasteiger partial charge in [0.2, 0.25) is 11.9 Å². The summed E-state index contributed by atoms with van der Waals surface area (Å²) in [5.41, 5.74) is 1.31. The first-order chi connectivity index (χ1) is 12.0. The molecule has 2 heterocycles. The molecule has 1 aliphatic rings. The molecule has 0 unspecified atom stereocenters. The first kappa shape index (κ1) is 17.1. The molecule has 2 aromatic rings. The standard InChI is InChI=1S/C16H23N7O2/c1-22(2)15-18-12(19-16(20-15)23(3)4)9-17-14(24)13-10-7-5-6-8-11(10)25-21-13/h5-9H2,1-4H3,(H,17,24). The number of aromatic nitrogens is 4. The zero-order chi connectivity index (χ0) is 18.0. The van der Waals surface area contributed by atoms with Gasteiger partial charge in [-0.05, 0) is 19.3 Å². The summed E-state index contributed by atoms with van der Waals surface area (Å²) < 4.78 is 5.30. The van der Waals surface area contributed by atoms with E-state index in [0.29, 0.717) is 23.4 Å². The second-order valence-corrected chi connectivity index (χ2v) is 6.46. The number of nitrogens with one attached hydrogen (secondary N) is 1. The maximum atomic E-state index is 12.5. The summed E-state index contributed by atoms with van der Waals surface area (Å²) in [7, 11) is 7.44. The summed E-state index contributed by atoms with van der Waals surface area (Å²) in [6.45, 7) is 0.199. The van der Waals surface area contributed by atoms with Crippen molar-refractivity contribution in [2.75, 3.05) is 38.0 Å². The van der Waals surface area contributed by atoms with E-state index in [2.05, 4.69) is 25.4 Å². The van der Waals surface area contributed by atoms with Gasteiger partial charge in [0.25, 0.3) is 5.91 Å². The Morgan fingerprint density at radius 1 is 1.04 bits per heavy atom. The molecule has 0 atom stereocenters. The van der Waals surface area contributed by atoms with Crippen LogP contribution in [-0.2, 0) is 19.4 Å². The van der Waals surface area contributed by atoms with Crippen LogP contribution < -0.4 is 15.1 Å². The summed E-state index contributed by atoms with van der Waals surface area (Å²) in [6, 6.07) is 0. The van der Waals surface area contributed by atoms with Crippen molar-refractivity contribution in [2.24, 2.45) is 0 Å². The molecule has 9 heteroatoms. The average molecular weight is 345 g/mol. The summed E-state index contributed by atoms with van der Waals surface area (Å²) in [6.07, 6.45) is 3.82. The van der Waals surface area contributed by atoms with Crippen LogP contribution in [0.5, 0.6) is 0 Å². The van der Waals surface area contributed by atoms with Crippen molar-refractivity contribution in [3.63, 3.8) is 0 Å². The van der Waals surface area contributed by atoms with E-state index in [1.165, 1.54) is 0 Å². The van der Waals surface area contributed by atoms with E-state index in [-0.39, 0.29) is 12.5 Å². The Morgan fingerprint density at radius 3 is 2.32 bits per heavy atom. The van der Waals surface area contributed by atoms with Gasteiger partial charge in [-0.3, -0.25) is 4.79 Å². The first-order valence-electron chi connectivity index (χ1n) is 8.31. The highest BCUT2D eigenvalue weighted by atomic mass is 16.5. The minimum Gasteiger partial charge on any atom is -0.360 e. The van der Waals surface area contributed by atoms with Gasteiger partial charge in [0.15, 0.2) is 11.5 Å². The van der Waals surface area contributed by atoms with E-state index in [1.807, 2.05) is 28.2 Å². The van der Waals surface area contributed by atoms with Crippen molar-refractivity contribution in [2.45, 2.75) is 32.2 Å². The fourth-order valence-corrected chi connectivity index (χ4v) is 2.68. The molecule has 0 bridgehead atoms. The molecule has 0 saturated heterocycles. The molecule has 1 aliphatic carbocycles. The van der Waals surface area contributed by atoms with Crippen molar-refractivity contribution in [1.82, 2.24) is 25.4 Å². The van der Waals surface area contributed by atoms with Crippen LogP contribution in [0.4, 0.5) is 11.9 Å². The van der Waals surface area contributed by atoms with E-state index < -0.39 is 0 Å². The van der Waals surface area contributed by atoms with E-state index in [1.54, 1.807) is 9.80 Å². The van der Waals surface area contributed by atoms with Crippen molar-refractivity contribution >= 4 is 17.8 Å². The van der Waals surface area contributed by atoms with Gasteiger partial charge >= 0.3 is 0 Å². The SMILES string of the molecule is CN(C)c1nc(CNC(=O)c2noc3c2CCCC3)nc(N(C)C)n1. The highest BCUT2D eigenvalue weighted by molar-refractivity contribution is 5.93. The van der Waals surface area contributed by atoms with Crippen LogP contribution in [0, 0.1) is 0 Å². The average Bonchev–Trinajstić information content (AvgIpc) is 3.03. The van der Waals surface area contributed by atoms with Crippen LogP contribution in [-0.4, -0.2) is 54.2 Å². The molecule has 0 fully saturated rings. The molecular weight excluding hydrogens is 322 g/mol. The van der Waals surface area contributed by atoms with Crippen LogP contribution >= 0.6 is 0 Å². The quantitative estimate of drug-likeness (QED) is 0.849. The summed E-state index contributed by atoms with van der Waals surface area (Å²) in [5.74, 6) is 2.16. The number of aryl methyl sites for hydroxylation is 1.